The summed E-state index contributed by atoms with van der Waals surface area (Å²) < 4.78 is 35.3. The molecule has 9 nitrogen and oxygen atoms in total. The van der Waals surface area contributed by atoms with E-state index in [1.807, 2.05) is 12.1 Å². The first-order valence-electron chi connectivity index (χ1n) is 9.41. The number of aromatic nitrogens is 3. The van der Waals surface area contributed by atoms with Crippen LogP contribution in [0.2, 0.25) is 5.02 Å². The summed E-state index contributed by atoms with van der Waals surface area (Å²) in [5.74, 6) is 0.401. The number of carbonyl (C=O) groups excluding carboxylic acids is 1. The average Bonchev–Trinajstić information content (AvgIpc) is 3.21. The maximum absolute atomic E-state index is 13.0. The van der Waals surface area contributed by atoms with Crippen LogP contribution >= 0.6 is 11.6 Å². The summed E-state index contributed by atoms with van der Waals surface area (Å²) in [6.45, 7) is 0.105. The summed E-state index contributed by atoms with van der Waals surface area (Å²) in [6, 6.07) is 16.0. The predicted molar refractivity (Wildman–Crippen MR) is 119 cm³/mol. The van der Waals surface area contributed by atoms with Crippen molar-refractivity contribution in [1.29, 1.82) is 0 Å². The van der Waals surface area contributed by atoms with Crippen molar-refractivity contribution in [2.75, 3.05) is 11.8 Å². The maximum atomic E-state index is 13.0. The number of para-hydroxylation sites is 2. The lowest BCUT2D eigenvalue weighted by atomic mass is 10.2. The number of hydrogen-bond acceptors (Lipinski definition) is 6. The summed E-state index contributed by atoms with van der Waals surface area (Å²) >= 11 is 6.15. The van der Waals surface area contributed by atoms with Crippen LogP contribution in [0.4, 0.5) is 5.69 Å². The Morgan fingerprint density at radius 2 is 1.88 bits per heavy atom. The van der Waals surface area contributed by atoms with Gasteiger partial charge in [0, 0.05) is 11.8 Å². The standard InChI is InChI=1S/C21H18ClN5O4S/c1-31-17-7-3-2-6-16(17)26-32(29,30)18-12-14(9-10-15(18)22)21(28)23-13-20-25-24-19-8-4-5-11-27(19)20/h2-12,26H,13H2,1H3,(H,23,28). The highest BCUT2D eigenvalue weighted by atomic mass is 35.5. The zero-order valence-corrected chi connectivity index (χ0v) is 18.4. The lowest BCUT2D eigenvalue weighted by molar-refractivity contribution is 0.0949. The molecule has 0 aliphatic rings. The number of amides is 1. The number of hydrogen-bond donors (Lipinski definition) is 2. The normalized spacial score (nSPS) is 11.3. The summed E-state index contributed by atoms with van der Waals surface area (Å²) in [4.78, 5) is 12.4. The van der Waals surface area contributed by atoms with Crippen LogP contribution in [0.15, 0.2) is 71.8 Å². The number of ether oxygens (including phenoxy) is 1. The maximum Gasteiger partial charge on any atom is 0.263 e. The molecule has 0 aliphatic heterocycles. The molecule has 2 N–H and O–H groups in total. The summed E-state index contributed by atoms with van der Waals surface area (Å²) in [5.41, 5.74) is 1.03. The molecule has 0 atom stereocenters. The van der Waals surface area contributed by atoms with Gasteiger partial charge in [-0.25, -0.2) is 8.42 Å². The molecule has 2 heterocycles. The Labute approximate surface area is 189 Å². The molecular formula is C21H18ClN5O4S. The van der Waals surface area contributed by atoms with Crippen LogP contribution in [0.25, 0.3) is 5.65 Å². The molecule has 0 saturated carbocycles. The highest BCUT2D eigenvalue weighted by molar-refractivity contribution is 7.92. The van der Waals surface area contributed by atoms with E-state index in [4.69, 9.17) is 16.3 Å². The van der Waals surface area contributed by atoms with E-state index in [0.29, 0.717) is 17.2 Å². The van der Waals surface area contributed by atoms with E-state index < -0.39 is 15.9 Å². The summed E-state index contributed by atoms with van der Waals surface area (Å²) in [6.07, 6.45) is 1.79. The monoisotopic (exact) mass is 471 g/mol. The van der Waals surface area contributed by atoms with E-state index in [0.717, 1.165) is 0 Å². The molecule has 0 saturated heterocycles. The quantitative estimate of drug-likeness (QED) is 0.428. The molecule has 4 rings (SSSR count). The molecular weight excluding hydrogens is 454 g/mol. The Hall–Kier alpha value is -3.63. The molecule has 1 amide bonds. The molecule has 32 heavy (non-hydrogen) atoms. The number of halogens is 1. The van der Waals surface area contributed by atoms with Crippen LogP contribution in [0.1, 0.15) is 16.2 Å². The first kappa shape index (κ1) is 21.6. The van der Waals surface area contributed by atoms with Crippen LogP contribution in [0.3, 0.4) is 0 Å². The fourth-order valence-electron chi connectivity index (χ4n) is 3.05. The average molecular weight is 472 g/mol. The summed E-state index contributed by atoms with van der Waals surface area (Å²) in [5, 5.41) is 10.8. The van der Waals surface area contributed by atoms with Crippen molar-refractivity contribution in [1.82, 2.24) is 19.9 Å². The highest BCUT2D eigenvalue weighted by Gasteiger charge is 2.22. The van der Waals surface area contributed by atoms with Gasteiger partial charge in [0.15, 0.2) is 11.5 Å². The molecule has 0 spiro atoms. The van der Waals surface area contributed by atoms with E-state index >= 15 is 0 Å². The van der Waals surface area contributed by atoms with E-state index in [2.05, 4.69) is 20.2 Å². The van der Waals surface area contributed by atoms with Gasteiger partial charge in [0.25, 0.3) is 15.9 Å². The minimum Gasteiger partial charge on any atom is -0.495 e. The van der Waals surface area contributed by atoms with Gasteiger partial charge in [0.05, 0.1) is 24.4 Å². The van der Waals surface area contributed by atoms with Crippen molar-refractivity contribution in [3.05, 3.63) is 83.3 Å². The third-order valence-electron chi connectivity index (χ3n) is 4.63. The number of nitrogens with one attached hydrogen (secondary N) is 2. The van der Waals surface area contributed by atoms with Gasteiger partial charge in [0.2, 0.25) is 0 Å². The Bertz CT molecular complexity index is 1400. The third-order valence-corrected chi connectivity index (χ3v) is 6.47. The first-order chi connectivity index (χ1) is 15.4. The number of rotatable bonds is 7. The zero-order chi connectivity index (χ0) is 22.7. The van der Waals surface area contributed by atoms with Crippen LogP contribution in [-0.2, 0) is 16.6 Å². The van der Waals surface area contributed by atoms with Crippen LogP contribution < -0.4 is 14.8 Å². The van der Waals surface area contributed by atoms with Gasteiger partial charge in [-0.2, -0.15) is 0 Å². The molecule has 0 radical (unpaired) electrons. The second-order valence-electron chi connectivity index (χ2n) is 6.68. The molecule has 0 fully saturated rings. The van der Waals surface area contributed by atoms with Crippen molar-refractivity contribution in [3.8, 4) is 5.75 Å². The second-order valence-corrected chi connectivity index (χ2v) is 8.74. The van der Waals surface area contributed by atoms with Crippen LogP contribution in [0, 0.1) is 0 Å². The Balaban J connectivity index is 1.55. The van der Waals surface area contributed by atoms with Gasteiger partial charge in [0.1, 0.15) is 10.6 Å². The molecule has 4 aromatic rings. The zero-order valence-electron chi connectivity index (χ0n) is 16.8. The van der Waals surface area contributed by atoms with Gasteiger partial charge in [-0.1, -0.05) is 29.8 Å². The molecule has 0 bridgehead atoms. The predicted octanol–water partition coefficient (Wildman–Crippen LogP) is 3.12. The fraction of sp³-hybridized carbons (Fsp3) is 0.0952. The first-order valence-corrected chi connectivity index (χ1v) is 11.3. The number of anilines is 1. The number of nitrogens with zero attached hydrogens (tertiary/aromatic N) is 3. The van der Waals surface area contributed by atoms with Gasteiger partial charge in [-0.15, -0.1) is 10.2 Å². The largest absolute Gasteiger partial charge is 0.495 e. The Kier molecular flexibility index (Phi) is 5.97. The van der Waals surface area contributed by atoms with E-state index in [-0.39, 0.29) is 27.7 Å². The number of pyridine rings is 1. The molecule has 0 unspecified atom stereocenters. The number of sulfonamides is 1. The lowest BCUT2D eigenvalue weighted by Gasteiger charge is -2.13. The van der Waals surface area contributed by atoms with Gasteiger partial charge < -0.3 is 10.1 Å². The molecule has 2 aromatic carbocycles. The van der Waals surface area contributed by atoms with Gasteiger partial charge in [-0.3, -0.25) is 13.9 Å². The minimum absolute atomic E-state index is 0.0209. The highest BCUT2D eigenvalue weighted by Crippen LogP contribution is 2.29. The van der Waals surface area contributed by atoms with Crippen molar-refractivity contribution in [2.24, 2.45) is 0 Å². The van der Waals surface area contributed by atoms with Gasteiger partial charge in [-0.05, 0) is 42.5 Å². The van der Waals surface area contributed by atoms with Crippen LogP contribution in [0.5, 0.6) is 5.75 Å². The Morgan fingerprint density at radius 1 is 1.09 bits per heavy atom. The third kappa shape index (κ3) is 4.36. The topological polar surface area (TPSA) is 115 Å². The van der Waals surface area contributed by atoms with E-state index in [1.165, 1.54) is 25.3 Å². The molecule has 2 aromatic heterocycles. The number of fused-ring (bicyclic) bond motifs is 1. The molecule has 164 valence electrons. The smallest absolute Gasteiger partial charge is 0.263 e. The molecule has 0 aliphatic carbocycles. The van der Waals surface area contributed by atoms with Crippen molar-refractivity contribution in [2.45, 2.75) is 11.4 Å². The van der Waals surface area contributed by atoms with Gasteiger partial charge >= 0.3 is 0 Å². The fourth-order valence-corrected chi connectivity index (χ4v) is 4.65. The number of methoxy groups -OCH3 is 1. The van der Waals surface area contributed by atoms with Crippen molar-refractivity contribution < 1.29 is 17.9 Å². The van der Waals surface area contributed by atoms with Crippen molar-refractivity contribution >= 4 is 38.9 Å². The van der Waals surface area contributed by atoms with E-state index in [1.54, 1.807) is 40.9 Å². The van der Waals surface area contributed by atoms with E-state index in [9.17, 15) is 13.2 Å². The minimum atomic E-state index is -4.09. The molecule has 11 heteroatoms. The Morgan fingerprint density at radius 3 is 2.69 bits per heavy atom. The lowest BCUT2D eigenvalue weighted by Crippen LogP contribution is -2.24. The van der Waals surface area contributed by atoms with Crippen LogP contribution in [-0.4, -0.2) is 36.0 Å². The SMILES string of the molecule is COc1ccccc1NS(=O)(=O)c1cc(C(=O)NCc2nnc3ccccn23)ccc1Cl. The van der Waals surface area contributed by atoms with Crippen molar-refractivity contribution in [3.63, 3.8) is 0 Å². The second kappa shape index (κ2) is 8.85. The summed E-state index contributed by atoms with van der Waals surface area (Å²) in [7, 11) is -2.65. The number of carbonyl (C=O) groups is 1. The number of benzene rings is 2.